The molecular weight excluding hydrogens is 446 g/mol. The molecule has 1 aliphatic heterocycles. The van der Waals surface area contributed by atoms with Crippen LogP contribution in [0, 0.1) is 11.6 Å². The second kappa shape index (κ2) is 7.21. The van der Waals surface area contributed by atoms with Crippen LogP contribution in [0.3, 0.4) is 0 Å². The highest BCUT2D eigenvalue weighted by Gasteiger charge is 2.28. The number of hydrogen-bond donors (Lipinski definition) is 2. The molecule has 0 unspecified atom stereocenters. The molecule has 1 aromatic heterocycles. The molecule has 2 heterocycles. The third-order valence-corrected chi connectivity index (χ3v) is 6.13. The molecule has 0 saturated heterocycles. The highest BCUT2D eigenvalue weighted by Crippen LogP contribution is 2.35. The standard InChI is InChI=1S/C16H17BrF2N4O3S/c1-22(2)27(25,26)21-14-12-4-3-7-23(12)16(24)13(19)15(14)20-11-6-5-9(17)8-10(11)18/h5-6,8,20-21H,3-4,7H2,1-2H3. The first kappa shape index (κ1) is 19.8. The number of anilines is 3. The Morgan fingerprint density at radius 1 is 1.22 bits per heavy atom. The lowest BCUT2D eigenvalue weighted by molar-refractivity contribution is 0.526. The van der Waals surface area contributed by atoms with Gasteiger partial charge in [-0.2, -0.15) is 17.1 Å². The molecule has 0 atom stereocenters. The first-order chi connectivity index (χ1) is 12.6. The van der Waals surface area contributed by atoms with Crippen molar-refractivity contribution in [3.05, 3.63) is 50.4 Å². The molecule has 146 valence electrons. The van der Waals surface area contributed by atoms with Crippen LogP contribution in [0.1, 0.15) is 12.1 Å². The summed E-state index contributed by atoms with van der Waals surface area (Å²) in [5.74, 6) is -1.87. The van der Waals surface area contributed by atoms with Gasteiger partial charge in [0.1, 0.15) is 11.5 Å². The first-order valence-corrected chi connectivity index (χ1v) is 10.2. The molecule has 2 N–H and O–H groups in total. The summed E-state index contributed by atoms with van der Waals surface area (Å²) in [7, 11) is -1.34. The minimum absolute atomic E-state index is 0.0928. The van der Waals surface area contributed by atoms with Crippen LogP contribution in [0.4, 0.5) is 25.8 Å². The Labute approximate surface area is 163 Å². The Morgan fingerprint density at radius 2 is 1.93 bits per heavy atom. The predicted molar refractivity (Wildman–Crippen MR) is 103 cm³/mol. The number of pyridine rings is 1. The van der Waals surface area contributed by atoms with E-state index >= 15 is 0 Å². The molecule has 2 aromatic rings. The van der Waals surface area contributed by atoms with Crippen LogP contribution in [-0.2, 0) is 23.2 Å². The Bertz CT molecular complexity index is 1070. The molecule has 0 aliphatic carbocycles. The number of benzene rings is 1. The summed E-state index contributed by atoms with van der Waals surface area (Å²) in [5.41, 5.74) is -1.12. The highest BCUT2D eigenvalue weighted by atomic mass is 79.9. The third-order valence-electron chi connectivity index (χ3n) is 4.21. The van der Waals surface area contributed by atoms with Gasteiger partial charge in [-0.05, 0) is 31.0 Å². The zero-order valence-corrected chi connectivity index (χ0v) is 16.9. The molecule has 0 spiro atoms. The van der Waals surface area contributed by atoms with E-state index < -0.39 is 33.1 Å². The SMILES string of the molecule is CN(C)S(=O)(=O)Nc1c(Nc2ccc(Br)cc2F)c(F)c(=O)n2c1CCC2. The molecule has 0 fully saturated rings. The normalized spacial score (nSPS) is 13.7. The molecule has 0 bridgehead atoms. The van der Waals surface area contributed by atoms with Crippen LogP contribution in [0.5, 0.6) is 0 Å². The maximum absolute atomic E-state index is 14.8. The molecule has 11 heteroatoms. The zero-order chi connectivity index (χ0) is 19.9. The minimum atomic E-state index is -3.97. The van der Waals surface area contributed by atoms with E-state index in [1.54, 1.807) is 0 Å². The molecule has 7 nitrogen and oxygen atoms in total. The van der Waals surface area contributed by atoms with Crippen molar-refractivity contribution in [2.24, 2.45) is 0 Å². The van der Waals surface area contributed by atoms with E-state index in [-0.39, 0.29) is 17.9 Å². The second-order valence-corrected chi connectivity index (χ2v) is 9.01. The fourth-order valence-corrected chi connectivity index (χ4v) is 3.80. The summed E-state index contributed by atoms with van der Waals surface area (Å²) in [6.45, 7) is 0.286. The van der Waals surface area contributed by atoms with Gasteiger partial charge in [0, 0.05) is 30.8 Å². The lowest BCUT2D eigenvalue weighted by Crippen LogP contribution is -2.32. The van der Waals surface area contributed by atoms with Crippen LogP contribution in [0.15, 0.2) is 27.5 Å². The van der Waals surface area contributed by atoms with E-state index in [0.29, 0.717) is 23.0 Å². The quantitative estimate of drug-likeness (QED) is 0.715. The van der Waals surface area contributed by atoms with Crippen LogP contribution >= 0.6 is 15.9 Å². The van der Waals surface area contributed by atoms with Gasteiger partial charge in [0.05, 0.1) is 11.4 Å². The molecule has 27 heavy (non-hydrogen) atoms. The van der Waals surface area contributed by atoms with E-state index in [9.17, 15) is 22.0 Å². The van der Waals surface area contributed by atoms with Gasteiger partial charge in [0.25, 0.3) is 5.56 Å². The maximum atomic E-state index is 14.8. The van der Waals surface area contributed by atoms with Crippen LogP contribution < -0.4 is 15.6 Å². The van der Waals surface area contributed by atoms with Crippen molar-refractivity contribution in [2.75, 3.05) is 24.1 Å². The third kappa shape index (κ3) is 3.71. The van der Waals surface area contributed by atoms with E-state index in [0.717, 1.165) is 4.31 Å². The number of rotatable bonds is 5. The van der Waals surface area contributed by atoms with Crippen LogP contribution in [-0.4, -0.2) is 31.4 Å². The monoisotopic (exact) mass is 462 g/mol. The predicted octanol–water partition coefficient (Wildman–Crippen LogP) is 2.80. The number of nitrogens with one attached hydrogen (secondary N) is 2. The fraction of sp³-hybridized carbons (Fsp3) is 0.312. The van der Waals surface area contributed by atoms with Crippen LogP contribution in [0.25, 0.3) is 0 Å². The summed E-state index contributed by atoms with van der Waals surface area (Å²) in [4.78, 5) is 12.3. The van der Waals surface area contributed by atoms with Gasteiger partial charge in [-0.15, -0.1) is 0 Å². The second-order valence-electron chi connectivity index (χ2n) is 6.21. The van der Waals surface area contributed by atoms with Crippen molar-refractivity contribution in [3.8, 4) is 0 Å². The van der Waals surface area contributed by atoms with Gasteiger partial charge in [-0.25, -0.2) is 4.39 Å². The number of fused-ring (bicyclic) bond motifs is 1. The van der Waals surface area contributed by atoms with Gasteiger partial charge in [0.15, 0.2) is 0 Å². The number of halogens is 3. The van der Waals surface area contributed by atoms with Gasteiger partial charge >= 0.3 is 10.2 Å². The molecule has 0 saturated carbocycles. The molecule has 0 radical (unpaired) electrons. The summed E-state index contributed by atoms with van der Waals surface area (Å²) in [5, 5.41) is 2.54. The van der Waals surface area contributed by atoms with Crippen LogP contribution in [0.2, 0.25) is 0 Å². The van der Waals surface area contributed by atoms with Gasteiger partial charge in [0.2, 0.25) is 5.82 Å². The zero-order valence-electron chi connectivity index (χ0n) is 14.5. The molecule has 3 rings (SSSR count). The number of hydrogen-bond acceptors (Lipinski definition) is 4. The van der Waals surface area contributed by atoms with Crippen molar-refractivity contribution in [1.82, 2.24) is 8.87 Å². The van der Waals surface area contributed by atoms with Gasteiger partial charge in [-0.1, -0.05) is 15.9 Å². The average molecular weight is 463 g/mol. The van der Waals surface area contributed by atoms with E-state index in [2.05, 4.69) is 26.0 Å². The maximum Gasteiger partial charge on any atom is 0.301 e. The highest BCUT2D eigenvalue weighted by molar-refractivity contribution is 9.10. The van der Waals surface area contributed by atoms with Crippen molar-refractivity contribution in [2.45, 2.75) is 19.4 Å². The van der Waals surface area contributed by atoms with E-state index in [1.165, 1.54) is 36.9 Å². The van der Waals surface area contributed by atoms with E-state index in [4.69, 9.17) is 0 Å². The first-order valence-electron chi connectivity index (χ1n) is 7.99. The Hall–Kier alpha value is -1.98. The smallest absolute Gasteiger partial charge is 0.301 e. The summed E-state index contributed by atoms with van der Waals surface area (Å²) in [6.07, 6.45) is 0.958. The summed E-state index contributed by atoms with van der Waals surface area (Å²) < 4.78 is 58.5. The van der Waals surface area contributed by atoms with Crippen molar-refractivity contribution in [3.63, 3.8) is 0 Å². The van der Waals surface area contributed by atoms with Crippen molar-refractivity contribution < 1.29 is 17.2 Å². The van der Waals surface area contributed by atoms with E-state index in [1.807, 2.05) is 0 Å². The lowest BCUT2D eigenvalue weighted by atomic mass is 10.2. The number of aromatic nitrogens is 1. The van der Waals surface area contributed by atoms with Crippen molar-refractivity contribution in [1.29, 1.82) is 0 Å². The minimum Gasteiger partial charge on any atom is -0.349 e. The fourth-order valence-electron chi connectivity index (χ4n) is 2.81. The topological polar surface area (TPSA) is 83.4 Å². The van der Waals surface area contributed by atoms with Crippen molar-refractivity contribution >= 4 is 43.2 Å². The van der Waals surface area contributed by atoms with Gasteiger partial charge < -0.3 is 9.88 Å². The molecular formula is C16H17BrF2N4O3S. The molecule has 1 aliphatic rings. The lowest BCUT2D eigenvalue weighted by Gasteiger charge is -2.21. The molecule has 1 aromatic carbocycles. The van der Waals surface area contributed by atoms with Gasteiger partial charge in [-0.3, -0.25) is 9.52 Å². The number of nitrogens with zero attached hydrogens (tertiary/aromatic N) is 2. The Kier molecular flexibility index (Phi) is 5.28. The molecule has 0 amide bonds. The Balaban J connectivity index is 2.20. The summed E-state index contributed by atoms with van der Waals surface area (Å²) >= 11 is 3.13. The largest absolute Gasteiger partial charge is 0.349 e. The average Bonchev–Trinajstić information content (AvgIpc) is 3.07. The summed E-state index contributed by atoms with van der Waals surface area (Å²) in [6, 6.07) is 4.06. The Morgan fingerprint density at radius 3 is 2.56 bits per heavy atom.